The van der Waals surface area contributed by atoms with Gasteiger partial charge in [0.1, 0.15) is 0 Å². The van der Waals surface area contributed by atoms with Crippen LogP contribution in [0.4, 0.5) is 5.82 Å². The highest BCUT2D eigenvalue weighted by Crippen LogP contribution is 2.15. The van der Waals surface area contributed by atoms with Crippen molar-refractivity contribution in [1.29, 1.82) is 0 Å². The molecule has 0 saturated carbocycles. The fraction of sp³-hybridized carbons (Fsp3) is 0.154. The molecule has 24 heavy (non-hydrogen) atoms. The van der Waals surface area contributed by atoms with E-state index < -0.39 is 5.91 Å². The van der Waals surface area contributed by atoms with Crippen LogP contribution in [0.15, 0.2) is 34.3 Å². The molecule has 11 heteroatoms. The lowest BCUT2D eigenvalue weighted by atomic mass is 10.2. The predicted molar refractivity (Wildman–Crippen MR) is 82.3 cm³/mol. The number of nitrogens with two attached hydrogens (primary N) is 1. The van der Waals surface area contributed by atoms with Gasteiger partial charge < -0.3 is 5.73 Å². The molecule has 0 atom stereocenters. The molecule has 3 aromatic rings. The van der Waals surface area contributed by atoms with Crippen LogP contribution in [0.5, 0.6) is 0 Å². The molecule has 0 spiro atoms. The van der Waals surface area contributed by atoms with Gasteiger partial charge in [-0.05, 0) is 36.3 Å². The number of hydrogen-bond donors (Lipinski definition) is 2. The standard InChI is InChI=1S/C13H13N9O2/c1-7(9-3-5-15-6-4-9)16-18-13(23)10-8(2)17-21-22(10)12-11(14)19-24-20-12/h3-6H,1-2H3,(H2,14,19)(H,18,23). The highest BCUT2D eigenvalue weighted by Gasteiger charge is 2.22. The minimum atomic E-state index is -0.520. The second-order valence-corrected chi connectivity index (χ2v) is 4.78. The topological polar surface area (TPSA) is 150 Å². The van der Waals surface area contributed by atoms with Gasteiger partial charge in [-0.15, -0.1) is 5.10 Å². The third-order valence-electron chi connectivity index (χ3n) is 3.17. The Morgan fingerprint density at radius 1 is 1.33 bits per heavy atom. The monoisotopic (exact) mass is 327 g/mol. The Morgan fingerprint density at radius 3 is 2.75 bits per heavy atom. The third kappa shape index (κ3) is 2.82. The van der Waals surface area contributed by atoms with Gasteiger partial charge in [-0.1, -0.05) is 5.21 Å². The average Bonchev–Trinajstić information content (AvgIpc) is 3.18. The second-order valence-electron chi connectivity index (χ2n) is 4.78. The summed E-state index contributed by atoms with van der Waals surface area (Å²) >= 11 is 0. The van der Waals surface area contributed by atoms with Gasteiger partial charge in [0.05, 0.1) is 11.4 Å². The summed E-state index contributed by atoms with van der Waals surface area (Å²) in [5.41, 5.74) is 10.0. The van der Waals surface area contributed by atoms with E-state index in [1.54, 1.807) is 38.4 Å². The molecule has 0 aliphatic carbocycles. The van der Waals surface area contributed by atoms with Crippen molar-refractivity contribution in [3.63, 3.8) is 0 Å². The highest BCUT2D eigenvalue weighted by molar-refractivity contribution is 6.00. The predicted octanol–water partition coefficient (Wildman–Crippen LogP) is 0.0899. The summed E-state index contributed by atoms with van der Waals surface area (Å²) in [6, 6.07) is 3.56. The average molecular weight is 327 g/mol. The molecule has 0 fully saturated rings. The first kappa shape index (κ1) is 15.3. The fourth-order valence-electron chi connectivity index (χ4n) is 1.95. The SMILES string of the molecule is CC(=NNC(=O)c1c(C)nnn1-c1nonc1N)c1ccncc1. The first-order valence-corrected chi connectivity index (χ1v) is 6.83. The number of hydrazone groups is 1. The first-order valence-electron chi connectivity index (χ1n) is 6.83. The van der Waals surface area contributed by atoms with Crippen LogP contribution >= 0.6 is 0 Å². The van der Waals surface area contributed by atoms with E-state index in [0.717, 1.165) is 10.2 Å². The normalized spacial score (nSPS) is 11.5. The summed E-state index contributed by atoms with van der Waals surface area (Å²) in [5, 5.41) is 18.8. The summed E-state index contributed by atoms with van der Waals surface area (Å²) in [6.07, 6.45) is 3.28. The molecule has 3 rings (SSSR count). The molecular formula is C13H13N9O2. The lowest BCUT2D eigenvalue weighted by Gasteiger charge is -2.04. The minimum Gasteiger partial charge on any atom is -0.378 e. The number of hydrogen-bond acceptors (Lipinski definition) is 9. The molecule has 0 aliphatic heterocycles. The van der Waals surface area contributed by atoms with Gasteiger partial charge in [0.25, 0.3) is 5.91 Å². The Labute approximate surface area is 135 Å². The summed E-state index contributed by atoms with van der Waals surface area (Å²) in [6.45, 7) is 3.39. The Kier molecular flexibility index (Phi) is 3.97. The van der Waals surface area contributed by atoms with Crippen molar-refractivity contribution < 1.29 is 9.42 Å². The highest BCUT2D eigenvalue weighted by atomic mass is 16.6. The molecule has 0 saturated heterocycles. The van der Waals surface area contributed by atoms with Gasteiger partial charge in [0.15, 0.2) is 5.69 Å². The molecule has 0 aliphatic rings. The van der Waals surface area contributed by atoms with E-state index in [9.17, 15) is 4.79 Å². The number of nitrogens with one attached hydrogen (secondary N) is 1. The molecule has 3 N–H and O–H groups in total. The zero-order valence-corrected chi connectivity index (χ0v) is 12.8. The molecule has 0 unspecified atom stereocenters. The summed E-state index contributed by atoms with van der Waals surface area (Å²) in [5.74, 6) is -0.450. The number of aryl methyl sites for hydroxylation is 1. The minimum absolute atomic E-state index is 0.00887. The Bertz CT molecular complexity index is 897. The van der Waals surface area contributed by atoms with Gasteiger partial charge >= 0.3 is 0 Å². The molecule has 3 aromatic heterocycles. The number of rotatable bonds is 4. The molecule has 0 bridgehead atoms. The van der Waals surface area contributed by atoms with Crippen molar-refractivity contribution in [3.05, 3.63) is 41.5 Å². The van der Waals surface area contributed by atoms with Crippen LogP contribution in [0.2, 0.25) is 0 Å². The summed E-state index contributed by atoms with van der Waals surface area (Å²) in [7, 11) is 0. The van der Waals surface area contributed by atoms with Gasteiger partial charge in [-0.25, -0.2) is 10.1 Å². The van der Waals surface area contributed by atoms with Crippen LogP contribution in [-0.2, 0) is 0 Å². The van der Waals surface area contributed by atoms with Crippen LogP contribution in [-0.4, -0.2) is 41.9 Å². The molecule has 0 radical (unpaired) electrons. The van der Waals surface area contributed by atoms with Crippen molar-refractivity contribution in [2.24, 2.45) is 5.10 Å². The third-order valence-corrected chi connectivity index (χ3v) is 3.17. The van der Waals surface area contributed by atoms with E-state index >= 15 is 0 Å². The second kappa shape index (κ2) is 6.24. The zero-order valence-electron chi connectivity index (χ0n) is 12.8. The molecular weight excluding hydrogens is 314 g/mol. The number of nitrogen functional groups attached to an aromatic ring is 1. The zero-order chi connectivity index (χ0) is 17.1. The Balaban J connectivity index is 1.86. The van der Waals surface area contributed by atoms with E-state index in [-0.39, 0.29) is 17.3 Å². The van der Waals surface area contributed by atoms with E-state index in [4.69, 9.17) is 5.73 Å². The lowest BCUT2D eigenvalue weighted by molar-refractivity contribution is 0.0946. The maximum Gasteiger partial charge on any atom is 0.292 e. The maximum absolute atomic E-state index is 12.4. The maximum atomic E-state index is 12.4. The Hall–Kier alpha value is -3.63. The van der Waals surface area contributed by atoms with E-state index in [2.05, 4.69) is 40.8 Å². The van der Waals surface area contributed by atoms with Crippen LogP contribution < -0.4 is 11.2 Å². The fourth-order valence-corrected chi connectivity index (χ4v) is 1.95. The number of aromatic nitrogens is 6. The number of carbonyl (C=O) groups excluding carboxylic acids is 1. The van der Waals surface area contributed by atoms with E-state index in [1.165, 1.54) is 0 Å². The van der Waals surface area contributed by atoms with Gasteiger partial charge in [-0.3, -0.25) is 9.78 Å². The molecule has 122 valence electrons. The quantitative estimate of drug-likeness (QED) is 0.505. The van der Waals surface area contributed by atoms with E-state index in [0.29, 0.717) is 11.4 Å². The lowest BCUT2D eigenvalue weighted by Crippen LogP contribution is -2.24. The first-order chi connectivity index (χ1) is 11.6. The largest absolute Gasteiger partial charge is 0.378 e. The molecule has 1 amide bonds. The Morgan fingerprint density at radius 2 is 2.08 bits per heavy atom. The number of amides is 1. The van der Waals surface area contributed by atoms with E-state index in [1.807, 2.05) is 0 Å². The molecule has 0 aromatic carbocycles. The smallest absolute Gasteiger partial charge is 0.292 e. The van der Waals surface area contributed by atoms with Crippen molar-refractivity contribution >= 4 is 17.4 Å². The van der Waals surface area contributed by atoms with Crippen LogP contribution in [0.1, 0.15) is 28.7 Å². The number of anilines is 1. The number of nitrogens with zero attached hydrogens (tertiary/aromatic N) is 7. The number of carbonyl (C=O) groups is 1. The van der Waals surface area contributed by atoms with Crippen molar-refractivity contribution in [3.8, 4) is 5.82 Å². The number of pyridine rings is 1. The van der Waals surface area contributed by atoms with Gasteiger partial charge in [-0.2, -0.15) is 9.78 Å². The molecule has 11 nitrogen and oxygen atoms in total. The van der Waals surface area contributed by atoms with Crippen molar-refractivity contribution in [2.45, 2.75) is 13.8 Å². The van der Waals surface area contributed by atoms with Crippen LogP contribution in [0, 0.1) is 6.92 Å². The summed E-state index contributed by atoms with van der Waals surface area (Å²) in [4.78, 5) is 16.4. The van der Waals surface area contributed by atoms with Crippen molar-refractivity contribution in [2.75, 3.05) is 5.73 Å². The summed E-state index contributed by atoms with van der Waals surface area (Å²) < 4.78 is 5.67. The van der Waals surface area contributed by atoms with Gasteiger partial charge in [0.2, 0.25) is 11.6 Å². The van der Waals surface area contributed by atoms with Crippen molar-refractivity contribution in [1.82, 2.24) is 35.7 Å². The molecule has 3 heterocycles. The van der Waals surface area contributed by atoms with Crippen LogP contribution in [0.3, 0.4) is 0 Å². The van der Waals surface area contributed by atoms with Gasteiger partial charge in [0, 0.05) is 18.0 Å². The van der Waals surface area contributed by atoms with Crippen LogP contribution in [0.25, 0.3) is 5.82 Å².